The fourth-order valence-corrected chi connectivity index (χ4v) is 2.98. The SMILES string of the molecule is CC.Cc1ccccc1C(C=O)C1CCN(P)CC1. The minimum atomic E-state index is 0.0786. The van der Waals surface area contributed by atoms with Crippen LogP contribution in [0.1, 0.15) is 43.7 Å². The normalized spacial score (nSPS) is 18.3. The molecule has 1 aromatic carbocycles. The van der Waals surface area contributed by atoms with Gasteiger partial charge in [0.1, 0.15) is 6.29 Å². The van der Waals surface area contributed by atoms with Crippen molar-refractivity contribution in [2.24, 2.45) is 5.92 Å². The first kappa shape index (κ1) is 16.3. The van der Waals surface area contributed by atoms with E-state index in [-0.39, 0.29) is 5.92 Å². The number of aryl methyl sites for hydroxylation is 1. The molecule has 1 heterocycles. The Labute approximate surface area is 119 Å². The van der Waals surface area contributed by atoms with Gasteiger partial charge in [-0.05, 0) is 36.8 Å². The van der Waals surface area contributed by atoms with Crippen LogP contribution >= 0.6 is 9.39 Å². The number of carbonyl (C=O) groups excluding carboxylic acids is 1. The topological polar surface area (TPSA) is 20.3 Å². The summed E-state index contributed by atoms with van der Waals surface area (Å²) in [6.45, 7) is 8.24. The van der Waals surface area contributed by atoms with Crippen LogP contribution in [-0.2, 0) is 4.79 Å². The lowest BCUT2D eigenvalue weighted by molar-refractivity contribution is -0.110. The molecule has 0 bridgehead atoms. The van der Waals surface area contributed by atoms with E-state index in [0.29, 0.717) is 5.92 Å². The first-order valence-electron chi connectivity index (χ1n) is 7.23. The van der Waals surface area contributed by atoms with Crippen molar-refractivity contribution in [3.8, 4) is 0 Å². The third kappa shape index (κ3) is 4.40. The molecule has 1 saturated heterocycles. The number of hydrogen-bond acceptors (Lipinski definition) is 2. The molecule has 3 heteroatoms. The smallest absolute Gasteiger partial charge is 0.127 e. The molecular weight excluding hydrogens is 253 g/mol. The molecule has 1 aliphatic rings. The summed E-state index contributed by atoms with van der Waals surface area (Å²) in [6.07, 6.45) is 3.37. The van der Waals surface area contributed by atoms with Crippen LogP contribution in [0.2, 0.25) is 0 Å². The fourth-order valence-electron chi connectivity index (χ4n) is 2.68. The van der Waals surface area contributed by atoms with E-state index in [2.05, 4.69) is 33.1 Å². The van der Waals surface area contributed by atoms with E-state index < -0.39 is 0 Å². The summed E-state index contributed by atoms with van der Waals surface area (Å²) in [5.74, 6) is 0.584. The molecule has 1 fully saturated rings. The van der Waals surface area contributed by atoms with E-state index in [9.17, 15) is 4.79 Å². The van der Waals surface area contributed by atoms with Crippen molar-refractivity contribution in [2.45, 2.75) is 39.5 Å². The van der Waals surface area contributed by atoms with Crippen molar-refractivity contribution in [2.75, 3.05) is 13.1 Å². The van der Waals surface area contributed by atoms with Crippen molar-refractivity contribution >= 4 is 15.7 Å². The first-order valence-corrected chi connectivity index (χ1v) is 7.74. The van der Waals surface area contributed by atoms with E-state index in [4.69, 9.17) is 0 Å². The zero-order valence-electron chi connectivity index (χ0n) is 12.3. The van der Waals surface area contributed by atoms with E-state index in [1.807, 2.05) is 26.0 Å². The Morgan fingerprint density at radius 3 is 2.37 bits per heavy atom. The Morgan fingerprint density at radius 2 is 1.84 bits per heavy atom. The van der Waals surface area contributed by atoms with Crippen LogP contribution in [0.25, 0.3) is 0 Å². The van der Waals surface area contributed by atoms with Gasteiger partial charge in [-0.3, -0.25) is 4.67 Å². The van der Waals surface area contributed by atoms with Gasteiger partial charge in [-0.25, -0.2) is 0 Å². The summed E-state index contributed by atoms with van der Waals surface area (Å²) in [4.78, 5) is 11.4. The average molecular weight is 279 g/mol. The van der Waals surface area contributed by atoms with E-state index in [1.165, 1.54) is 11.1 Å². The molecule has 106 valence electrons. The van der Waals surface area contributed by atoms with Gasteiger partial charge in [0.2, 0.25) is 0 Å². The van der Waals surface area contributed by atoms with Gasteiger partial charge in [0, 0.05) is 19.0 Å². The Morgan fingerprint density at radius 1 is 1.26 bits per heavy atom. The predicted molar refractivity (Wildman–Crippen MR) is 85.3 cm³/mol. The van der Waals surface area contributed by atoms with Gasteiger partial charge >= 0.3 is 0 Å². The third-order valence-corrected chi connectivity index (χ3v) is 4.29. The highest BCUT2D eigenvalue weighted by Gasteiger charge is 2.27. The average Bonchev–Trinajstić information content (AvgIpc) is 2.46. The summed E-state index contributed by atoms with van der Waals surface area (Å²) in [6, 6.07) is 8.26. The summed E-state index contributed by atoms with van der Waals surface area (Å²) >= 11 is 0. The first-order chi connectivity index (χ1) is 9.22. The van der Waals surface area contributed by atoms with Gasteiger partial charge in [0.05, 0.1) is 0 Å². The molecular formula is C16H26NOP. The summed E-state index contributed by atoms with van der Waals surface area (Å²) < 4.78 is 2.26. The molecule has 2 rings (SSSR count). The molecule has 0 aliphatic carbocycles. The standard InChI is InChI=1S/C14H20NOP.C2H6/c1-11-4-2-3-5-13(11)14(10-16)12-6-8-15(17)9-7-12;1-2/h2-5,10,12,14H,6-9,17H2,1H3;1-2H3. The second-order valence-corrected chi connectivity index (χ2v) is 5.62. The molecule has 19 heavy (non-hydrogen) atoms. The van der Waals surface area contributed by atoms with Crippen LogP contribution in [0.3, 0.4) is 0 Å². The van der Waals surface area contributed by atoms with E-state index in [0.717, 1.165) is 32.2 Å². The highest BCUT2D eigenvalue weighted by molar-refractivity contribution is 7.13. The number of piperidine rings is 1. The predicted octanol–water partition coefficient (Wildman–Crippen LogP) is 3.81. The molecule has 1 aromatic rings. The van der Waals surface area contributed by atoms with E-state index >= 15 is 0 Å². The maximum absolute atomic E-state index is 11.4. The lowest BCUT2D eigenvalue weighted by atomic mass is 9.80. The molecule has 0 radical (unpaired) electrons. The number of benzene rings is 1. The van der Waals surface area contributed by atoms with Crippen LogP contribution in [0, 0.1) is 12.8 Å². The van der Waals surface area contributed by atoms with Crippen LogP contribution in [0.15, 0.2) is 24.3 Å². The second kappa shape index (κ2) is 8.45. The lowest BCUT2D eigenvalue weighted by Gasteiger charge is -2.32. The highest BCUT2D eigenvalue weighted by Crippen LogP contribution is 2.33. The lowest BCUT2D eigenvalue weighted by Crippen LogP contribution is -2.30. The third-order valence-electron chi connectivity index (χ3n) is 3.78. The summed E-state index contributed by atoms with van der Waals surface area (Å²) in [5.41, 5.74) is 2.45. The molecule has 1 aliphatic heterocycles. The van der Waals surface area contributed by atoms with Crippen molar-refractivity contribution in [3.05, 3.63) is 35.4 Å². The van der Waals surface area contributed by atoms with Crippen molar-refractivity contribution in [1.29, 1.82) is 0 Å². The molecule has 0 spiro atoms. The van der Waals surface area contributed by atoms with Crippen molar-refractivity contribution in [3.63, 3.8) is 0 Å². The van der Waals surface area contributed by atoms with Crippen LogP contribution < -0.4 is 0 Å². The van der Waals surface area contributed by atoms with Crippen LogP contribution in [0.5, 0.6) is 0 Å². The number of nitrogens with zero attached hydrogens (tertiary/aromatic N) is 1. The largest absolute Gasteiger partial charge is 0.303 e. The van der Waals surface area contributed by atoms with Gasteiger partial charge in [0.25, 0.3) is 0 Å². The fraction of sp³-hybridized carbons (Fsp3) is 0.562. The summed E-state index contributed by atoms with van der Waals surface area (Å²) in [7, 11) is 2.75. The van der Waals surface area contributed by atoms with E-state index in [1.54, 1.807) is 0 Å². The van der Waals surface area contributed by atoms with Crippen LogP contribution in [0.4, 0.5) is 0 Å². The molecule has 2 nitrogen and oxygen atoms in total. The van der Waals surface area contributed by atoms with Gasteiger partial charge in [-0.1, -0.05) is 47.5 Å². The van der Waals surface area contributed by atoms with Crippen LogP contribution in [-0.4, -0.2) is 24.0 Å². The monoisotopic (exact) mass is 279 g/mol. The molecule has 2 atom stereocenters. The Bertz CT molecular complexity index is 386. The number of rotatable bonds is 3. The Kier molecular flexibility index (Phi) is 7.27. The maximum atomic E-state index is 11.4. The molecule has 0 N–H and O–H groups in total. The number of aldehydes is 1. The molecule has 0 aromatic heterocycles. The number of carbonyl (C=O) groups is 1. The van der Waals surface area contributed by atoms with Gasteiger partial charge in [-0.15, -0.1) is 0 Å². The summed E-state index contributed by atoms with van der Waals surface area (Å²) in [5, 5.41) is 0. The quantitative estimate of drug-likeness (QED) is 0.619. The maximum Gasteiger partial charge on any atom is 0.127 e. The highest BCUT2D eigenvalue weighted by atomic mass is 31.0. The number of hydrogen-bond donors (Lipinski definition) is 0. The minimum Gasteiger partial charge on any atom is -0.303 e. The van der Waals surface area contributed by atoms with Crippen molar-refractivity contribution in [1.82, 2.24) is 4.67 Å². The van der Waals surface area contributed by atoms with Gasteiger partial charge in [-0.2, -0.15) is 0 Å². The molecule has 2 unspecified atom stereocenters. The zero-order chi connectivity index (χ0) is 14.3. The molecule has 0 saturated carbocycles. The van der Waals surface area contributed by atoms with Gasteiger partial charge in [0.15, 0.2) is 0 Å². The Hall–Kier alpha value is -0.720. The van der Waals surface area contributed by atoms with Crippen molar-refractivity contribution < 1.29 is 4.79 Å². The second-order valence-electron chi connectivity index (χ2n) is 4.89. The molecule has 0 amide bonds. The zero-order valence-corrected chi connectivity index (χ0v) is 13.5. The minimum absolute atomic E-state index is 0.0786. The Balaban J connectivity index is 0.000000861. The van der Waals surface area contributed by atoms with Gasteiger partial charge < -0.3 is 4.79 Å².